The van der Waals surface area contributed by atoms with Crippen molar-refractivity contribution >= 4 is 48.1 Å². The quantitative estimate of drug-likeness (QED) is 0.105. The molecule has 8 rings (SSSR count). The standard InChI is InChI=1S/2C32H37.C2H6Si.2ClH.Zr/c2*1-8-12-23-15-16-24-17-25(22-13-10-9-11-14-22)20-29(24)30(23)26-18-27(31(2,3)4)21-28(19-26)32(5,6)7;1-3-2;;;/h2*9-11,13-21H,8,12H2,1-7H3;1-2H3;2*1H;/q2*-1;;;;+4/p-2. The Morgan fingerprint density at radius 1 is 0.414 bits per heavy atom. The van der Waals surface area contributed by atoms with Crippen LogP contribution < -0.4 is 0 Å². The third kappa shape index (κ3) is 14.7. The summed E-state index contributed by atoms with van der Waals surface area (Å²) in [5.41, 5.74) is 19.7. The summed E-state index contributed by atoms with van der Waals surface area (Å²) in [5.74, 6) is 0. The first-order valence-corrected chi connectivity index (χ1v) is 33.7. The monoisotopic (exact) mass is 1060 g/mol. The Bertz CT molecular complexity index is 2640. The molecule has 0 unspecified atom stereocenters. The third-order valence-electron chi connectivity index (χ3n) is 13.1. The zero-order valence-electron chi connectivity index (χ0n) is 45.4. The van der Waals surface area contributed by atoms with Crippen LogP contribution in [0.4, 0.5) is 0 Å². The predicted molar refractivity (Wildman–Crippen MR) is 313 cm³/mol. The second kappa shape index (κ2) is 24.8. The van der Waals surface area contributed by atoms with Gasteiger partial charge in [-0.15, -0.1) is 69.1 Å². The van der Waals surface area contributed by atoms with E-state index < -0.39 is 20.8 Å². The summed E-state index contributed by atoms with van der Waals surface area (Å²) < 4.78 is 0. The molecule has 0 saturated heterocycles. The van der Waals surface area contributed by atoms with E-state index in [1.807, 2.05) is 0 Å². The first-order chi connectivity index (χ1) is 33.0. The topological polar surface area (TPSA) is 0 Å². The fourth-order valence-corrected chi connectivity index (χ4v) is 9.16. The Morgan fingerprint density at radius 2 is 0.700 bits per heavy atom. The molecule has 0 saturated carbocycles. The average Bonchev–Trinajstić information content (AvgIpc) is 3.95. The van der Waals surface area contributed by atoms with Gasteiger partial charge in [0.1, 0.15) is 0 Å². The van der Waals surface area contributed by atoms with Gasteiger partial charge in [0.15, 0.2) is 0 Å². The van der Waals surface area contributed by atoms with Crippen molar-refractivity contribution in [2.75, 3.05) is 0 Å². The van der Waals surface area contributed by atoms with E-state index in [0.717, 1.165) is 35.2 Å². The fraction of sp³-hybridized carbons (Fsp3) is 0.364. The van der Waals surface area contributed by atoms with Crippen molar-refractivity contribution < 1.29 is 20.8 Å². The van der Waals surface area contributed by atoms with Gasteiger partial charge in [0, 0.05) is 9.52 Å². The fourth-order valence-electron chi connectivity index (χ4n) is 9.16. The molecule has 366 valence electrons. The summed E-state index contributed by atoms with van der Waals surface area (Å²) >= 11 is -0.826. The molecular formula is C66H80Cl2SiZr. The maximum atomic E-state index is 4.93. The first-order valence-electron chi connectivity index (χ1n) is 25.4. The molecule has 2 radical (unpaired) electrons. The summed E-state index contributed by atoms with van der Waals surface area (Å²) in [6, 6.07) is 55.0. The third-order valence-corrected chi connectivity index (χ3v) is 13.1. The van der Waals surface area contributed by atoms with Crippen LogP contribution in [0, 0.1) is 0 Å². The van der Waals surface area contributed by atoms with E-state index in [4.69, 9.17) is 17.0 Å². The van der Waals surface area contributed by atoms with Gasteiger partial charge in [-0.25, -0.2) is 0 Å². The minimum absolute atomic E-state index is 0.107. The number of halogens is 2. The number of aryl methyl sites for hydroxylation is 2. The average molecular weight is 1060 g/mol. The second-order valence-corrected chi connectivity index (χ2v) is 27.8. The molecule has 0 nitrogen and oxygen atoms in total. The van der Waals surface area contributed by atoms with Crippen LogP contribution in [0.15, 0.2) is 146 Å². The molecule has 4 heteroatoms. The van der Waals surface area contributed by atoms with Crippen molar-refractivity contribution in [3.05, 3.63) is 179 Å². The minimum atomic E-state index is -0.826. The molecular weight excluding hydrogens is 983 g/mol. The van der Waals surface area contributed by atoms with Gasteiger partial charge in [-0.3, -0.25) is 0 Å². The summed E-state index contributed by atoms with van der Waals surface area (Å²) in [7, 11) is 11.0. The molecule has 0 bridgehead atoms. The molecule has 0 N–H and O–H groups in total. The Hall–Kier alpha value is -3.78. The normalized spacial score (nSPS) is 11.8. The molecule has 70 heavy (non-hydrogen) atoms. The SMILES string of the molecule is CCCc1ccc2[cH-]c(-c3ccccc3)cc2c1-c1cc(C(C)(C)C)cc(C(C)(C)C)c1.CCCc1ccc2[cH-]c(-c3ccccc3)cc2c1-c1cc(C(C)(C)C)cc(C(C)(C)C)c1.C[Si]C.[Cl][Zr+2][Cl]. The molecule has 0 aliphatic carbocycles. The predicted octanol–water partition coefficient (Wildman–Crippen LogP) is 21.0. The van der Waals surface area contributed by atoms with Gasteiger partial charge in [-0.05, 0) is 79.0 Å². The van der Waals surface area contributed by atoms with Crippen LogP contribution in [0.3, 0.4) is 0 Å². The zero-order valence-corrected chi connectivity index (χ0v) is 50.4. The number of fused-ring (bicyclic) bond motifs is 2. The van der Waals surface area contributed by atoms with Gasteiger partial charge in [0.2, 0.25) is 0 Å². The van der Waals surface area contributed by atoms with Gasteiger partial charge < -0.3 is 0 Å². The van der Waals surface area contributed by atoms with Crippen LogP contribution >= 0.6 is 17.0 Å². The van der Waals surface area contributed by atoms with Crippen molar-refractivity contribution in [3.8, 4) is 44.5 Å². The van der Waals surface area contributed by atoms with Crippen molar-refractivity contribution in [1.29, 1.82) is 0 Å². The van der Waals surface area contributed by atoms with Gasteiger partial charge in [0.25, 0.3) is 0 Å². The summed E-state index contributed by atoms with van der Waals surface area (Å²) in [6.07, 6.45) is 4.50. The van der Waals surface area contributed by atoms with E-state index in [9.17, 15) is 0 Å². The van der Waals surface area contributed by atoms with E-state index in [0.29, 0.717) is 0 Å². The van der Waals surface area contributed by atoms with Gasteiger partial charge >= 0.3 is 37.9 Å². The molecule has 8 aromatic carbocycles. The summed E-state index contributed by atoms with van der Waals surface area (Å²) in [4.78, 5) is 0. The van der Waals surface area contributed by atoms with Crippen molar-refractivity contribution in [2.45, 2.75) is 157 Å². The molecule has 0 amide bonds. The van der Waals surface area contributed by atoms with Crippen LogP contribution in [0.2, 0.25) is 13.1 Å². The van der Waals surface area contributed by atoms with E-state index >= 15 is 0 Å². The molecule has 8 aromatic rings. The van der Waals surface area contributed by atoms with E-state index in [2.05, 4.69) is 256 Å². The molecule has 0 aromatic heterocycles. The van der Waals surface area contributed by atoms with Crippen LogP contribution in [0.25, 0.3) is 66.1 Å². The summed E-state index contributed by atoms with van der Waals surface area (Å²) in [6.45, 7) is 36.7. The molecule has 0 aliphatic heterocycles. The maximum absolute atomic E-state index is 4.93. The number of benzene rings is 6. The number of hydrogen-bond acceptors (Lipinski definition) is 0. The Kier molecular flexibility index (Phi) is 20.2. The van der Waals surface area contributed by atoms with Crippen LogP contribution in [-0.4, -0.2) is 9.52 Å². The van der Waals surface area contributed by atoms with E-state index in [-0.39, 0.29) is 21.7 Å². The van der Waals surface area contributed by atoms with Crippen LogP contribution in [-0.2, 0) is 55.3 Å². The molecule has 0 fully saturated rings. The van der Waals surface area contributed by atoms with Crippen molar-refractivity contribution in [1.82, 2.24) is 0 Å². The Labute approximate surface area is 446 Å². The van der Waals surface area contributed by atoms with Crippen LogP contribution in [0.5, 0.6) is 0 Å². The van der Waals surface area contributed by atoms with Crippen molar-refractivity contribution in [2.24, 2.45) is 0 Å². The molecule has 0 heterocycles. The van der Waals surface area contributed by atoms with Crippen molar-refractivity contribution in [3.63, 3.8) is 0 Å². The molecule has 0 atom stereocenters. The Balaban J connectivity index is 0.000000235. The zero-order chi connectivity index (χ0) is 51.6. The van der Waals surface area contributed by atoms with Gasteiger partial charge in [-0.1, -0.05) is 254 Å². The van der Waals surface area contributed by atoms with Gasteiger partial charge in [-0.2, -0.15) is 0 Å². The van der Waals surface area contributed by atoms with E-state index in [1.54, 1.807) is 0 Å². The molecule has 0 spiro atoms. The van der Waals surface area contributed by atoms with Gasteiger partial charge in [0.05, 0.1) is 0 Å². The first kappa shape index (κ1) is 57.1. The number of rotatable bonds is 8. The summed E-state index contributed by atoms with van der Waals surface area (Å²) in [5, 5.41) is 5.41. The second-order valence-electron chi connectivity index (χ2n) is 23.1. The number of hydrogen-bond donors (Lipinski definition) is 0. The molecule has 0 aliphatic rings. The Morgan fingerprint density at radius 3 is 0.957 bits per heavy atom. The van der Waals surface area contributed by atoms with E-state index in [1.165, 1.54) is 99.4 Å². The van der Waals surface area contributed by atoms with Crippen LogP contribution in [0.1, 0.15) is 143 Å².